The quantitative estimate of drug-likeness (QED) is 0.190. The first-order chi connectivity index (χ1) is 32.6. The number of halogens is 6. The van der Waals surface area contributed by atoms with Crippen molar-refractivity contribution in [3.8, 4) is 0 Å². The lowest BCUT2D eigenvalue weighted by Crippen LogP contribution is -2.49. The van der Waals surface area contributed by atoms with Crippen LogP contribution in [0, 0.1) is 0 Å². The number of ether oxygens (including phenoxy) is 1. The molecule has 2 N–H and O–H groups in total. The number of alkyl halides is 6. The smallest absolute Gasteiger partial charge is 0.378 e. The predicted molar refractivity (Wildman–Crippen MR) is 242 cm³/mol. The van der Waals surface area contributed by atoms with E-state index in [0.717, 1.165) is 53.3 Å². The minimum absolute atomic E-state index is 0.0608. The van der Waals surface area contributed by atoms with E-state index in [1.165, 1.54) is 58.6 Å². The number of benzene rings is 2. The van der Waals surface area contributed by atoms with Gasteiger partial charge in [-0.1, -0.05) is 0 Å². The number of aromatic nitrogens is 4. The first-order valence-corrected chi connectivity index (χ1v) is 25.8. The minimum atomic E-state index is -4.99. The van der Waals surface area contributed by atoms with E-state index in [2.05, 4.69) is 24.5 Å². The summed E-state index contributed by atoms with van der Waals surface area (Å²) in [5.41, 5.74) is -0.865. The van der Waals surface area contributed by atoms with Crippen molar-refractivity contribution in [1.29, 1.82) is 0 Å². The van der Waals surface area contributed by atoms with Gasteiger partial charge in [0.1, 0.15) is 0 Å². The van der Waals surface area contributed by atoms with Crippen LogP contribution in [0.5, 0.6) is 0 Å². The third-order valence-electron chi connectivity index (χ3n) is 12.3. The van der Waals surface area contributed by atoms with Gasteiger partial charge in [-0.05, 0) is 59.9 Å². The molecule has 69 heavy (non-hydrogen) atoms. The molecule has 19 nitrogen and oxygen atoms in total. The molecule has 2 aromatic heterocycles. The second-order valence-corrected chi connectivity index (χ2v) is 20.9. The summed E-state index contributed by atoms with van der Waals surface area (Å²) in [6.07, 6.45) is -4.14. The predicted octanol–water partition coefficient (Wildman–Crippen LogP) is 4.44. The molecule has 4 aliphatic rings. The lowest BCUT2D eigenvalue weighted by atomic mass is 9.98. The molecule has 0 atom stereocenters. The highest BCUT2D eigenvalue weighted by atomic mass is 32.2. The molecule has 6 heterocycles. The molecule has 0 unspecified atom stereocenters. The van der Waals surface area contributed by atoms with Gasteiger partial charge >= 0.3 is 24.4 Å². The lowest BCUT2D eigenvalue weighted by Gasteiger charge is -2.35. The highest BCUT2D eigenvalue weighted by Crippen LogP contribution is 2.40. The zero-order valence-electron chi connectivity index (χ0n) is 37.5. The maximum absolute atomic E-state index is 15.2. The van der Waals surface area contributed by atoms with E-state index >= 15 is 13.2 Å². The molecular formula is C42H52F6N12O7S2. The second kappa shape index (κ2) is 20.0. The number of piperazine rings is 2. The highest BCUT2D eigenvalue weighted by molar-refractivity contribution is 7.92. The molecule has 8 rings (SSSR count). The van der Waals surface area contributed by atoms with Crippen molar-refractivity contribution < 1.29 is 57.5 Å². The summed E-state index contributed by atoms with van der Waals surface area (Å²) in [4.78, 5) is 37.2. The van der Waals surface area contributed by atoms with Gasteiger partial charge in [0.05, 0.1) is 36.3 Å². The summed E-state index contributed by atoms with van der Waals surface area (Å²) in [6, 6.07) is 7.78. The summed E-state index contributed by atoms with van der Waals surface area (Å²) in [5.74, 6) is -1.46. The van der Waals surface area contributed by atoms with Crippen LogP contribution in [0.3, 0.4) is 0 Å². The van der Waals surface area contributed by atoms with E-state index in [0.29, 0.717) is 50.6 Å². The van der Waals surface area contributed by atoms with Gasteiger partial charge in [-0.15, -0.1) is 10.2 Å². The van der Waals surface area contributed by atoms with Gasteiger partial charge in [-0.2, -0.15) is 35.7 Å². The summed E-state index contributed by atoms with van der Waals surface area (Å²) in [6.45, 7) is 4.43. The molecule has 376 valence electrons. The van der Waals surface area contributed by atoms with Crippen molar-refractivity contribution in [2.24, 2.45) is 0 Å². The molecule has 2 amide bonds. The Bertz CT molecular complexity index is 2720. The van der Waals surface area contributed by atoms with E-state index < -0.39 is 66.9 Å². The number of rotatable bonds is 12. The van der Waals surface area contributed by atoms with Crippen molar-refractivity contribution in [1.82, 2.24) is 39.2 Å². The molecule has 0 saturated carbocycles. The fourth-order valence-corrected chi connectivity index (χ4v) is 10.7. The Labute approximate surface area is 394 Å². The molecule has 0 aliphatic carbocycles. The van der Waals surface area contributed by atoms with Crippen molar-refractivity contribution >= 4 is 55.1 Å². The van der Waals surface area contributed by atoms with E-state index in [9.17, 15) is 39.6 Å². The lowest BCUT2D eigenvalue weighted by molar-refractivity contribution is -0.139. The van der Waals surface area contributed by atoms with E-state index in [1.54, 1.807) is 4.90 Å². The number of morpholine rings is 1. The highest BCUT2D eigenvalue weighted by Gasteiger charge is 2.39. The van der Waals surface area contributed by atoms with Gasteiger partial charge in [0.15, 0.2) is 11.6 Å². The molecular weight excluding hydrogens is 963 g/mol. The third-order valence-corrected chi connectivity index (χ3v) is 14.1. The van der Waals surface area contributed by atoms with Crippen molar-refractivity contribution in [2.75, 3.05) is 117 Å². The number of carbonyl (C=O) groups excluding carboxylic acids is 2. The number of sulfonamides is 2. The molecule has 0 spiro atoms. The van der Waals surface area contributed by atoms with Crippen LogP contribution in [0.1, 0.15) is 40.7 Å². The Hall–Kier alpha value is -5.64. The maximum atomic E-state index is 15.2. The van der Waals surface area contributed by atoms with Crippen molar-refractivity contribution in [2.45, 2.75) is 44.0 Å². The summed E-state index contributed by atoms with van der Waals surface area (Å²) in [5, 5.41) is 8.05. The largest absolute Gasteiger partial charge is 0.417 e. The average Bonchev–Trinajstić information content (AvgIpc) is 4.09. The van der Waals surface area contributed by atoms with Crippen molar-refractivity contribution in [3.05, 3.63) is 82.7 Å². The van der Waals surface area contributed by atoms with Crippen LogP contribution in [0.15, 0.2) is 54.9 Å². The first-order valence-electron chi connectivity index (χ1n) is 22.2. The summed E-state index contributed by atoms with van der Waals surface area (Å²) in [7, 11) is -8.24. The first kappa shape index (κ1) is 49.8. The van der Waals surface area contributed by atoms with Gasteiger partial charge in [0, 0.05) is 128 Å². The number of carbonyl (C=O) groups is 2. The van der Waals surface area contributed by atoms with Crippen LogP contribution >= 0.6 is 0 Å². The normalized spacial score (nSPS) is 18.2. The Morgan fingerprint density at radius 2 is 1.14 bits per heavy atom. The Morgan fingerprint density at radius 1 is 0.623 bits per heavy atom. The number of amides is 2. The number of nitrogens with one attached hydrogen (secondary N) is 2. The molecule has 4 aliphatic heterocycles. The Morgan fingerprint density at radius 3 is 1.67 bits per heavy atom. The number of anilines is 4. The number of hydrogen-bond acceptors (Lipinski definition) is 13. The SMILES string of the molecule is CS(=O)(=O)Nc1ccn(C(=O)N2CCN(Cc3cc(N4CCOCC4)cc(CS(=O)(=O)Nc4ccn(C(=O)N5CCN(Cc6cc(C(F)(F)F)ccc6N6CCCC6)CC5)n4)c3C(F)(F)F)CC2)n1. The monoisotopic (exact) mass is 1010 g/mol. The fourth-order valence-electron chi connectivity index (χ4n) is 9.04. The van der Waals surface area contributed by atoms with Crippen LogP contribution in [0.4, 0.5) is 58.9 Å². The number of nitrogens with zero attached hydrogens (tertiary/aromatic N) is 10. The van der Waals surface area contributed by atoms with E-state index in [-0.39, 0.29) is 69.6 Å². The third kappa shape index (κ3) is 12.4. The molecule has 0 bridgehead atoms. The topological polar surface area (TPSA) is 191 Å². The second-order valence-electron chi connectivity index (χ2n) is 17.4. The van der Waals surface area contributed by atoms with Crippen molar-refractivity contribution in [3.63, 3.8) is 0 Å². The fraction of sp³-hybridized carbons (Fsp3) is 0.524. The van der Waals surface area contributed by atoms with Gasteiger partial charge in [-0.25, -0.2) is 26.4 Å². The van der Waals surface area contributed by atoms with E-state index in [1.807, 2.05) is 9.80 Å². The molecule has 4 aromatic rings. The van der Waals surface area contributed by atoms with E-state index in [4.69, 9.17) is 4.74 Å². The standard InChI is InChI=1S/C42H52F6N12O7S2/c1-68(63,64)51-36-6-10-59(49-36)39(61)58-18-14-54(15-19-58)28-31-25-34(55-20-22-67-23-21-55)26-32(38(31)42(46,47)48)29-69(65,66)52-37-7-11-60(50-37)40(62)57-16-12-53(13-17-57)27-30-24-33(41(43,44)45)4-5-35(30)56-8-2-3-9-56/h4-7,10-11,24-26H,2-3,8-9,12-23,27-29H2,1H3,(H,49,51)(H,50,52). The van der Waals surface area contributed by atoms with Gasteiger partial charge < -0.3 is 24.3 Å². The summed E-state index contributed by atoms with van der Waals surface area (Å²) >= 11 is 0. The molecule has 0 radical (unpaired) electrons. The summed E-state index contributed by atoms with van der Waals surface area (Å²) < 4.78 is 149. The van der Waals surface area contributed by atoms with Crippen LogP contribution in [-0.4, -0.2) is 166 Å². The van der Waals surface area contributed by atoms with Gasteiger partial charge in [-0.3, -0.25) is 19.2 Å². The molecule has 4 saturated heterocycles. The molecule has 2 aromatic carbocycles. The van der Waals surface area contributed by atoms with Crippen LogP contribution in [0.25, 0.3) is 0 Å². The maximum Gasteiger partial charge on any atom is 0.417 e. The number of hydrogen-bond donors (Lipinski definition) is 2. The van der Waals surface area contributed by atoms with Crippen LogP contribution in [-0.2, 0) is 56.0 Å². The molecule has 27 heteroatoms. The zero-order chi connectivity index (χ0) is 49.3. The van der Waals surface area contributed by atoms with Crippen LogP contribution in [0.2, 0.25) is 0 Å². The average molecular weight is 1020 g/mol. The Kier molecular flexibility index (Phi) is 14.4. The zero-order valence-corrected chi connectivity index (χ0v) is 39.2. The molecule has 4 fully saturated rings. The van der Waals surface area contributed by atoms with Crippen LogP contribution < -0.4 is 19.2 Å². The van der Waals surface area contributed by atoms with Gasteiger partial charge in [0.2, 0.25) is 20.0 Å². The Balaban J connectivity index is 0.929. The van der Waals surface area contributed by atoms with Gasteiger partial charge in [0.25, 0.3) is 0 Å². The minimum Gasteiger partial charge on any atom is -0.378 e.